The van der Waals surface area contributed by atoms with Gasteiger partial charge in [0, 0.05) is 23.1 Å². The smallest absolute Gasteiger partial charge is 0.0351 e. The topological polar surface area (TPSA) is 15.3 Å². The summed E-state index contributed by atoms with van der Waals surface area (Å²) in [7, 11) is 2.28. The molecule has 1 heterocycles. The Hall–Kier alpha value is -0.380. The zero-order valence-corrected chi connectivity index (χ0v) is 12.5. The van der Waals surface area contributed by atoms with Gasteiger partial charge in [0.2, 0.25) is 0 Å². The van der Waals surface area contributed by atoms with Crippen molar-refractivity contribution in [1.82, 2.24) is 10.2 Å². The monoisotopic (exact) mass is 308 g/mol. The Labute approximate surface area is 118 Å². The lowest BCUT2D eigenvalue weighted by Crippen LogP contribution is -2.36. The van der Waals surface area contributed by atoms with Crippen molar-refractivity contribution in [1.29, 1.82) is 0 Å². The molecule has 98 valence electrons. The summed E-state index contributed by atoms with van der Waals surface area (Å²) in [6, 6.07) is 8.09. The summed E-state index contributed by atoms with van der Waals surface area (Å²) >= 11 is 3.57. The van der Waals surface area contributed by atoms with Gasteiger partial charge in [0.1, 0.15) is 0 Å². The summed E-state index contributed by atoms with van der Waals surface area (Å²) < 4.78 is 1.21. The third kappa shape index (κ3) is 2.49. The highest BCUT2D eigenvalue weighted by molar-refractivity contribution is 9.10. The SMILES string of the molecule is CN(CC1CCCN1)C1CCc2cc(Br)ccc21. The highest BCUT2D eigenvalue weighted by Gasteiger charge is 2.27. The molecule has 0 saturated carbocycles. The van der Waals surface area contributed by atoms with E-state index in [0.29, 0.717) is 12.1 Å². The number of nitrogens with zero attached hydrogens (tertiary/aromatic N) is 1. The van der Waals surface area contributed by atoms with Crippen LogP contribution in [0.1, 0.15) is 36.4 Å². The second kappa shape index (κ2) is 5.32. The van der Waals surface area contributed by atoms with Crippen LogP contribution in [0.4, 0.5) is 0 Å². The molecule has 2 atom stereocenters. The van der Waals surface area contributed by atoms with Gasteiger partial charge < -0.3 is 5.32 Å². The molecule has 1 aliphatic carbocycles. The first-order valence-corrected chi connectivity index (χ1v) is 7.75. The van der Waals surface area contributed by atoms with Crippen molar-refractivity contribution < 1.29 is 0 Å². The molecule has 1 saturated heterocycles. The zero-order chi connectivity index (χ0) is 12.5. The number of likely N-dealkylation sites (N-methyl/N-ethyl adjacent to an activating group) is 1. The fourth-order valence-corrected chi connectivity index (χ4v) is 3.82. The van der Waals surface area contributed by atoms with Gasteiger partial charge in [-0.3, -0.25) is 4.90 Å². The maximum atomic E-state index is 3.59. The fraction of sp³-hybridized carbons (Fsp3) is 0.600. The summed E-state index contributed by atoms with van der Waals surface area (Å²) in [4.78, 5) is 2.54. The van der Waals surface area contributed by atoms with Crippen LogP contribution < -0.4 is 5.32 Å². The molecule has 0 aromatic heterocycles. The predicted molar refractivity (Wildman–Crippen MR) is 78.9 cm³/mol. The average molecular weight is 309 g/mol. The number of rotatable bonds is 3. The van der Waals surface area contributed by atoms with Crippen molar-refractivity contribution in [3.63, 3.8) is 0 Å². The lowest BCUT2D eigenvalue weighted by Gasteiger charge is -2.28. The Morgan fingerprint density at radius 2 is 2.28 bits per heavy atom. The Kier molecular flexibility index (Phi) is 3.73. The molecule has 0 amide bonds. The van der Waals surface area contributed by atoms with E-state index in [-0.39, 0.29) is 0 Å². The van der Waals surface area contributed by atoms with Crippen molar-refractivity contribution in [2.45, 2.75) is 37.8 Å². The van der Waals surface area contributed by atoms with Crippen molar-refractivity contribution in [2.75, 3.05) is 20.1 Å². The van der Waals surface area contributed by atoms with Gasteiger partial charge in [-0.1, -0.05) is 22.0 Å². The third-order valence-corrected chi connectivity index (χ3v) is 4.85. The summed E-state index contributed by atoms with van der Waals surface area (Å²) in [6.45, 7) is 2.38. The Morgan fingerprint density at radius 3 is 3.06 bits per heavy atom. The first-order valence-electron chi connectivity index (χ1n) is 6.96. The molecule has 2 unspecified atom stereocenters. The molecule has 0 radical (unpaired) electrons. The summed E-state index contributed by atoms with van der Waals surface area (Å²) in [6.07, 6.45) is 5.17. The maximum Gasteiger partial charge on any atom is 0.0351 e. The molecule has 2 aliphatic rings. The molecular weight excluding hydrogens is 288 g/mol. The lowest BCUT2D eigenvalue weighted by atomic mass is 10.1. The highest BCUT2D eigenvalue weighted by atomic mass is 79.9. The van der Waals surface area contributed by atoms with Crippen LogP contribution in [0.5, 0.6) is 0 Å². The Morgan fingerprint density at radius 1 is 1.39 bits per heavy atom. The predicted octanol–water partition coefficient (Wildman–Crippen LogP) is 3.12. The van der Waals surface area contributed by atoms with Crippen molar-refractivity contribution in [3.05, 3.63) is 33.8 Å². The van der Waals surface area contributed by atoms with Gasteiger partial charge in [-0.15, -0.1) is 0 Å². The molecule has 1 fully saturated rings. The van der Waals surface area contributed by atoms with Crippen LogP contribution in [0.2, 0.25) is 0 Å². The van der Waals surface area contributed by atoms with E-state index >= 15 is 0 Å². The van der Waals surface area contributed by atoms with Crippen LogP contribution in [-0.4, -0.2) is 31.1 Å². The number of fused-ring (bicyclic) bond motifs is 1. The van der Waals surface area contributed by atoms with Crippen molar-refractivity contribution in [3.8, 4) is 0 Å². The van der Waals surface area contributed by atoms with Gasteiger partial charge in [0.15, 0.2) is 0 Å². The molecule has 0 bridgehead atoms. The summed E-state index contributed by atoms with van der Waals surface area (Å²) in [5, 5.41) is 3.59. The first kappa shape index (κ1) is 12.6. The summed E-state index contributed by atoms with van der Waals surface area (Å²) in [5.74, 6) is 0. The van der Waals surface area contributed by atoms with E-state index in [0.717, 1.165) is 0 Å². The van der Waals surface area contributed by atoms with Gasteiger partial charge in [-0.2, -0.15) is 0 Å². The number of benzene rings is 1. The second-order valence-electron chi connectivity index (χ2n) is 5.63. The number of hydrogen-bond donors (Lipinski definition) is 1. The van der Waals surface area contributed by atoms with E-state index in [9.17, 15) is 0 Å². The minimum atomic E-state index is 0.621. The molecule has 3 rings (SSSR count). The van der Waals surface area contributed by atoms with Crippen molar-refractivity contribution >= 4 is 15.9 Å². The molecule has 1 N–H and O–H groups in total. The molecule has 3 heteroatoms. The number of hydrogen-bond acceptors (Lipinski definition) is 2. The van der Waals surface area contributed by atoms with E-state index in [1.807, 2.05) is 0 Å². The molecule has 18 heavy (non-hydrogen) atoms. The van der Waals surface area contributed by atoms with Crippen LogP contribution >= 0.6 is 15.9 Å². The van der Waals surface area contributed by atoms with Gasteiger partial charge in [0.05, 0.1) is 0 Å². The molecule has 2 nitrogen and oxygen atoms in total. The highest BCUT2D eigenvalue weighted by Crippen LogP contribution is 2.36. The number of halogens is 1. The van der Waals surface area contributed by atoms with Crippen LogP contribution in [0.3, 0.4) is 0 Å². The number of aryl methyl sites for hydroxylation is 1. The van der Waals surface area contributed by atoms with Gasteiger partial charge in [-0.05, 0) is 62.5 Å². The minimum Gasteiger partial charge on any atom is -0.313 e. The van der Waals surface area contributed by atoms with Crippen LogP contribution in [-0.2, 0) is 6.42 Å². The quantitative estimate of drug-likeness (QED) is 0.923. The fourth-order valence-electron chi connectivity index (χ4n) is 3.41. The van der Waals surface area contributed by atoms with Crippen LogP contribution in [0.25, 0.3) is 0 Å². The van der Waals surface area contributed by atoms with E-state index in [1.54, 1.807) is 5.56 Å². The second-order valence-corrected chi connectivity index (χ2v) is 6.55. The third-order valence-electron chi connectivity index (χ3n) is 4.35. The van der Waals surface area contributed by atoms with E-state index < -0.39 is 0 Å². The maximum absolute atomic E-state index is 3.59. The molecule has 1 aromatic rings. The molecule has 1 aliphatic heterocycles. The van der Waals surface area contributed by atoms with Crippen LogP contribution in [0.15, 0.2) is 22.7 Å². The minimum absolute atomic E-state index is 0.621. The number of nitrogens with one attached hydrogen (secondary N) is 1. The van der Waals surface area contributed by atoms with Gasteiger partial charge >= 0.3 is 0 Å². The normalized spacial score (nSPS) is 26.8. The largest absolute Gasteiger partial charge is 0.313 e. The summed E-state index contributed by atoms with van der Waals surface area (Å²) in [5.41, 5.74) is 3.07. The van der Waals surface area contributed by atoms with Gasteiger partial charge in [0.25, 0.3) is 0 Å². The van der Waals surface area contributed by atoms with E-state index in [2.05, 4.69) is 51.4 Å². The zero-order valence-electron chi connectivity index (χ0n) is 11.0. The Balaban J connectivity index is 1.70. The van der Waals surface area contributed by atoms with Gasteiger partial charge in [-0.25, -0.2) is 0 Å². The molecule has 1 aromatic carbocycles. The van der Waals surface area contributed by atoms with Crippen molar-refractivity contribution in [2.24, 2.45) is 0 Å². The lowest BCUT2D eigenvalue weighted by molar-refractivity contribution is 0.223. The van der Waals surface area contributed by atoms with E-state index in [1.165, 1.54) is 48.8 Å². The first-order chi connectivity index (χ1) is 8.74. The molecular formula is C15H21BrN2. The van der Waals surface area contributed by atoms with Crippen LogP contribution in [0, 0.1) is 0 Å². The van der Waals surface area contributed by atoms with E-state index in [4.69, 9.17) is 0 Å². The average Bonchev–Trinajstić information content (AvgIpc) is 2.97. The molecule has 0 spiro atoms. The Bertz CT molecular complexity index is 427. The standard InChI is InChI=1S/C15H21BrN2/c1-18(10-13-3-2-8-17-13)15-7-4-11-9-12(16)5-6-14(11)15/h5-6,9,13,15,17H,2-4,7-8,10H2,1H3.